The molecule has 0 aliphatic heterocycles. The number of ketones is 6. The Hall–Kier alpha value is -3.11. The molecule has 40 heavy (non-hydrogen) atoms. The quantitative estimate of drug-likeness (QED) is 0.179. The molecule has 0 aromatic rings. The maximum absolute atomic E-state index is 11.3. The van der Waals surface area contributed by atoms with Gasteiger partial charge in [-0.2, -0.15) is 79.0 Å². The van der Waals surface area contributed by atoms with Crippen molar-refractivity contribution in [2.75, 3.05) is 0 Å². The molecule has 0 heterocycles. The van der Waals surface area contributed by atoms with Gasteiger partial charge in [0.15, 0.2) is 0 Å². The van der Waals surface area contributed by atoms with Crippen LogP contribution in [0.1, 0.15) is 0 Å². The van der Waals surface area contributed by atoms with Crippen molar-refractivity contribution in [3.05, 3.63) is 19.3 Å². The molecule has 1 radical (unpaired) electrons. The smallest absolute Gasteiger partial charge is 0.324 e. The molecule has 0 aromatic carbocycles. The van der Waals surface area contributed by atoms with Gasteiger partial charge in [-0.15, -0.1) is 0 Å². The SMILES string of the molecule is O=C([CH-]C(=O)C(F)(F)F)C(F)(F)F.O=C([CH-]C(=O)C(F)(F)F)C(F)(F)F.O=C([CH-]C(=O)C(F)(F)F)C(F)(F)F.[Fe+3]. The predicted molar refractivity (Wildman–Crippen MR) is 79.3 cm³/mol. The second-order valence-corrected chi connectivity index (χ2v) is 5.61. The zero-order chi connectivity index (χ0) is 32.6. The van der Waals surface area contributed by atoms with E-state index in [0.717, 1.165) is 0 Å². The average Bonchev–Trinajstić information content (AvgIpc) is 2.64. The van der Waals surface area contributed by atoms with Crippen molar-refractivity contribution >= 4 is 34.7 Å². The first-order chi connectivity index (χ1) is 16.6. The Bertz CT molecular complexity index is 726. The van der Waals surface area contributed by atoms with Gasteiger partial charge in [-0.05, 0) is 0 Å². The molecule has 0 saturated carbocycles. The maximum Gasteiger partial charge on any atom is 3.00 e. The normalized spacial score (nSPS) is 12.2. The molecular weight excluding hydrogens is 674 g/mol. The number of hydrogen-bond acceptors (Lipinski definition) is 6. The van der Waals surface area contributed by atoms with Crippen molar-refractivity contribution in [3.63, 3.8) is 0 Å². The molecule has 233 valence electrons. The second kappa shape index (κ2) is 15.0. The third-order valence-corrected chi connectivity index (χ3v) is 2.46. The molecule has 0 atom stereocenters. The van der Waals surface area contributed by atoms with Gasteiger partial charge < -0.3 is 28.8 Å². The number of Topliss-reactive ketones (excluding diaryl/α,β-unsaturated/α-hetero) is 6. The summed E-state index contributed by atoms with van der Waals surface area (Å²) in [5.74, 6) is -16.9. The van der Waals surface area contributed by atoms with Crippen LogP contribution >= 0.6 is 0 Å². The van der Waals surface area contributed by atoms with Crippen LogP contribution in [0.3, 0.4) is 0 Å². The van der Waals surface area contributed by atoms with Crippen molar-refractivity contribution in [3.8, 4) is 0 Å². The van der Waals surface area contributed by atoms with E-state index in [0.29, 0.717) is 0 Å². The Balaban J connectivity index is -0.000000240. The van der Waals surface area contributed by atoms with E-state index >= 15 is 0 Å². The number of rotatable bonds is 6. The van der Waals surface area contributed by atoms with Gasteiger partial charge in [-0.25, -0.2) is 19.3 Å². The minimum Gasteiger partial charge on any atom is -0.324 e. The molecule has 0 unspecified atom stereocenters. The van der Waals surface area contributed by atoms with Gasteiger partial charge >= 0.3 is 54.1 Å². The van der Waals surface area contributed by atoms with E-state index in [1.807, 2.05) is 0 Å². The van der Waals surface area contributed by atoms with Crippen molar-refractivity contribution in [1.82, 2.24) is 0 Å². The number of halogens is 18. The number of carbonyl (C=O) groups excluding carboxylic acids is 6. The molecule has 0 spiro atoms. The minimum atomic E-state index is -5.46. The van der Waals surface area contributed by atoms with Crippen LogP contribution in [0, 0.1) is 19.3 Å². The van der Waals surface area contributed by atoms with E-state index in [2.05, 4.69) is 0 Å². The fourth-order valence-corrected chi connectivity index (χ4v) is 0.848. The number of hydrogen-bond donors (Lipinski definition) is 0. The van der Waals surface area contributed by atoms with Gasteiger partial charge in [0.25, 0.3) is 0 Å². The van der Waals surface area contributed by atoms with Crippen molar-refractivity contribution < 1.29 is 125 Å². The van der Waals surface area contributed by atoms with Crippen molar-refractivity contribution in [1.29, 1.82) is 0 Å². The zero-order valence-electron chi connectivity index (χ0n) is 17.3. The molecular formula is C15H3F18FeO6. The number of alkyl halides is 18. The van der Waals surface area contributed by atoms with E-state index in [-0.39, 0.29) is 17.1 Å². The molecule has 0 N–H and O–H groups in total. The second-order valence-electron chi connectivity index (χ2n) is 5.61. The van der Waals surface area contributed by atoms with Gasteiger partial charge in [-0.1, -0.05) is 0 Å². The fourth-order valence-electron chi connectivity index (χ4n) is 0.848. The van der Waals surface area contributed by atoms with Crippen LogP contribution < -0.4 is 0 Å². The van der Waals surface area contributed by atoms with Crippen LogP contribution in [-0.4, -0.2) is 71.8 Å². The first-order valence-electron chi connectivity index (χ1n) is 7.86. The summed E-state index contributed by atoms with van der Waals surface area (Å²) in [5, 5.41) is 0. The Kier molecular flexibility index (Phi) is 16.5. The van der Waals surface area contributed by atoms with Crippen LogP contribution in [0.15, 0.2) is 0 Å². The molecule has 0 fully saturated rings. The fraction of sp³-hybridized carbons (Fsp3) is 0.400. The van der Waals surface area contributed by atoms with Crippen LogP contribution in [0.5, 0.6) is 0 Å². The van der Waals surface area contributed by atoms with E-state index < -0.39 is 91.0 Å². The van der Waals surface area contributed by atoms with Crippen molar-refractivity contribution in [2.45, 2.75) is 37.1 Å². The summed E-state index contributed by atoms with van der Waals surface area (Å²) in [6.45, 7) is 0. The molecule has 0 rings (SSSR count). The Labute approximate surface area is 216 Å². The van der Waals surface area contributed by atoms with Crippen LogP contribution in [-0.2, 0) is 45.8 Å². The van der Waals surface area contributed by atoms with Crippen LogP contribution in [0.4, 0.5) is 79.0 Å². The van der Waals surface area contributed by atoms with Gasteiger partial charge in [0.2, 0.25) is 0 Å². The third-order valence-electron chi connectivity index (χ3n) is 2.46. The van der Waals surface area contributed by atoms with Gasteiger partial charge in [-0.3, -0.25) is 0 Å². The topological polar surface area (TPSA) is 102 Å². The van der Waals surface area contributed by atoms with E-state index in [1.165, 1.54) is 0 Å². The first kappa shape index (κ1) is 43.9. The Morgan fingerprint density at radius 3 is 0.400 bits per heavy atom. The largest absolute Gasteiger partial charge is 3.00 e. The summed E-state index contributed by atoms with van der Waals surface area (Å²) < 4.78 is 203. The first-order valence-corrected chi connectivity index (χ1v) is 7.86. The summed E-state index contributed by atoms with van der Waals surface area (Å²) in [6, 6.07) is 0. The third kappa shape index (κ3) is 19.9. The molecule has 0 aromatic heterocycles. The zero-order valence-corrected chi connectivity index (χ0v) is 18.4. The Morgan fingerprint density at radius 1 is 0.275 bits per heavy atom. The summed E-state index contributed by atoms with van der Waals surface area (Å²) in [6.07, 6.45) is -35.8. The predicted octanol–water partition coefficient (Wildman–Crippen LogP) is 4.36. The molecule has 0 aliphatic rings. The van der Waals surface area contributed by atoms with Crippen LogP contribution in [0.25, 0.3) is 0 Å². The van der Waals surface area contributed by atoms with E-state index in [4.69, 9.17) is 0 Å². The van der Waals surface area contributed by atoms with E-state index in [9.17, 15) is 108 Å². The molecule has 6 nitrogen and oxygen atoms in total. The minimum absolute atomic E-state index is 0. The van der Waals surface area contributed by atoms with Gasteiger partial charge in [0, 0.05) is 0 Å². The summed E-state index contributed by atoms with van der Waals surface area (Å²) in [7, 11) is 0. The van der Waals surface area contributed by atoms with Crippen LogP contribution in [0.2, 0.25) is 0 Å². The van der Waals surface area contributed by atoms with E-state index in [1.54, 1.807) is 0 Å². The van der Waals surface area contributed by atoms with Gasteiger partial charge in [0.05, 0.1) is 0 Å². The molecule has 25 heteroatoms. The monoisotopic (exact) mass is 677 g/mol. The summed E-state index contributed by atoms with van der Waals surface area (Å²) in [4.78, 5) is 58.9. The van der Waals surface area contributed by atoms with Gasteiger partial charge in [0.1, 0.15) is 34.7 Å². The maximum atomic E-state index is 11.3. The summed E-state index contributed by atoms with van der Waals surface area (Å²) >= 11 is 0. The number of carbonyl (C=O) groups is 6. The summed E-state index contributed by atoms with van der Waals surface area (Å²) in [5.41, 5.74) is 0. The molecule has 0 bridgehead atoms. The molecule has 0 aliphatic carbocycles. The molecule has 0 saturated heterocycles. The van der Waals surface area contributed by atoms with Crippen molar-refractivity contribution in [2.24, 2.45) is 0 Å². The Morgan fingerprint density at radius 2 is 0.350 bits per heavy atom. The standard InChI is InChI=1S/3C5HF6O2.Fe/c3*6-4(7,8)2(12)1-3(13)5(9,10)11;/h3*1H;/q3*-1;+3. The molecule has 0 amide bonds. The average molecular weight is 677 g/mol.